The smallest absolute Gasteiger partial charge is 0.258 e. The largest absolute Gasteiger partial charge is 0.484 e. The standard InChI is InChI=1S/C17H20ClN3O3S/c1-11-8-13(18)4-5-14(11)24-10-15(22)19-6-7-23-16-9-12(2)20-17(21-16)25-3/h4-5,8-9H,6-7,10H2,1-3H3,(H,19,22). The zero-order chi connectivity index (χ0) is 18.2. The minimum atomic E-state index is -0.221. The van der Waals surface area contributed by atoms with Crippen LogP contribution in [-0.2, 0) is 4.79 Å². The first-order valence-corrected chi connectivity index (χ1v) is 9.26. The first-order chi connectivity index (χ1) is 12.0. The Hall–Kier alpha value is -1.99. The number of amides is 1. The summed E-state index contributed by atoms with van der Waals surface area (Å²) < 4.78 is 11.0. The van der Waals surface area contributed by atoms with Crippen molar-refractivity contribution in [3.8, 4) is 11.6 Å². The van der Waals surface area contributed by atoms with E-state index in [1.54, 1.807) is 24.3 Å². The Bertz CT molecular complexity index is 743. The van der Waals surface area contributed by atoms with Gasteiger partial charge in [-0.2, -0.15) is 4.98 Å². The van der Waals surface area contributed by atoms with Crippen LogP contribution in [0.4, 0.5) is 0 Å². The van der Waals surface area contributed by atoms with E-state index in [1.807, 2.05) is 20.1 Å². The lowest BCUT2D eigenvalue weighted by Gasteiger charge is -2.10. The molecule has 2 rings (SSSR count). The Morgan fingerprint density at radius 2 is 2.04 bits per heavy atom. The molecule has 0 aliphatic rings. The van der Waals surface area contributed by atoms with Crippen molar-refractivity contribution in [1.82, 2.24) is 15.3 Å². The molecule has 2 aromatic rings. The number of nitrogens with one attached hydrogen (secondary N) is 1. The number of carbonyl (C=O) groups excluding carboxylic acids is 1. The van der Waals surface area contributed by atoms with Gasteiger partial charge in [0.15, 0.2) is 11.8 Å². The van der Waals surface area contributed by atoms with Gasteiger partial charge in [-0.3, -0.25) is 4.79 Å². The zero-order valence-electron chi connectivity index (χ0n) is 14.3. The number of benzene rings is 1. The molecule has 134 valence electrons. The number of carbonyl (C=O) groups is 1. The third-order valence-electron chi connectivity index (χ3n) is 3.16. The first-order valence-electron chi connectivity index (χ1n) is 7.66. The highest BCUT2D eigenvalue weighted by molar-refractivity contribution is 7.98. The Morgan fingerprint density at radius 3 is 2.76 bits per heavy atom. The fourth-order valence-corrected chi connectivity index (χ4v) is 2.64. The molecule has 0 radical (unpaired) electrons. The van der Waals surface area contributed by atoms with Crippen LogP contribution in [0, 0.1) is 13.8 Å². The second-order valence-corrected chi connectivity index (χ2v) is 6.44. The van der Waals surface area contributed by atoms with Crippen molar-refractivity contribution in [3.63, 3.8) is 0 Å². The number of hydrogen-bond donors (Lipinski definition) is 1. The van der Waals surface area contributed by atoms with E-state index >= 15 is 0 Å². The number of aryl methyl sites for hydroxylation is 2. The van der Waals surface area contributed by atoms with Crippen LogP contribution < -0.4 is 14.8 Å². The summed E-state index contributed by atoms with van der Waals surface area (Å²) >= 11 is 7.34. The number of rotatable bonds is 8. The van der Waals surface area contributed by atoms with Crippen LogP contribution in [0.2, 0.25) is 5.02 Å². The lowest BCUT2D eigenvalue weighted by atomic mass is 10.2. The molecule has 1 aromatic heterocycles. The van der Waals surface area contributed by atoms with Crippen LogP contribution in [0.15, 0.2) is 29.4 Å². The van der Waals surface area contributed by atoms with Crippen LogP contribution >= 0.6 is 23.4 Å². The average Bonchev–Trinajstić information content (AvgIpc) is 2.57. The van der Waals surface area contributed by atoms with Gasteiger partial charge in [-0.25, -0.2) is 4.98 Å². The predicted octanol–water partition coefficient (Wildman–Crippen LogP) is 3.04. The molecule has 0 fully saturated rings. The van der Waals surface area contributed by atoms with Gasteiger partial charge in [-0.05, 0) is 43.9 Å². The van der Waals surface area contributed by atoms with Gasteiger partial charge in [0, 0.05) is 16.8 Å². The van der Waals surface area contributed by atoms with Gasteiger partial charge < -0.3 is 14.8 Å². The monoisotopic (exact) mass is 381 g/mol. The molecule has 0 saturated heterocycles. The van der Waals surface area contributed by atoms with E-state index in [9.17, 15) is 4.79 Å². The lowest BCUT2D eigenvalue weighted by molar-refractivity contribution is -0.123. The Balaban J connectivity index is 1.71. The fraction of sp³-hybridized carbons (Fsp3) is 0.353. The summed E-state index contributed by atoms with van der Waals surface area (Å²) in [5, 5.41) is 4.03. The summed E-state index contributed by atoms with van der Waals surface area (Å²) in [5.74, 6) is 0.914. The molecule has 1 N–H and O–H groups in total. The summed E-state index contributed by atoms with van der Waals surface area (Å²) in [6, 6.07) is 7.01. The SMILES string of the molecule is CSc1nc(C)cc(OCCNC(=O)COc2ccc(Cl)cc2C)n1. The number of halogens is 1. The van der Waals surface area contributed by atoms with Crippen molar-refractivity contribution in [2.45, 2.75) is 19.0 Å². The van der Waals surface area contributed by atoms with Crippen molar-refractivity contribution in [2.24, 2.45) is 0 Å². The van der Waals surface area contributed by atoms with Crippen LogP contribution in [0.1, 0.15) is 11.3 Å². The quantitative estimate of drug-likeness (QED) is 0.430. The minimum absolute atomic E-state index is 0.0638. The fourth-order valence-electron chi connectivity index (χ4n) is 1.99. The maximum Gasteiger partial charge on any atom is 0.258 e. The van der Waals surface area contributed by atoms with E-state index in [0.29, 0.717) is 35.0 Å². The van der Waals surface area contributed by atoms with E-state index in [0.717, 1.165) is 11.3 Å². The van der Waals surface area contributed by atoms with Crippen LogP contribution in [-0.4, -0.2) is 41.9 Å². The summed E-state index contributed by atoms with van der Waals surface area (Å²) in [7, 11) is 0. The molecular weight excluding hydrogens is 362 g/mol. The molecule has 0 aliphatic heterocycles. The highest BCUT2D eigenvalue weighted by atomic mass is 35.5. The lowest BCUT2D eigenvalue weighted by Crippen LogP contribution is -2.32. The third kappa shape index (κ3) is 6.43. The molecule has 0 spiro atoms. The van der Waals surface area contributed by atoms with Gasteiger partial charge in [0.2, 0.25) is 5.88 Å². The highest BCUT2D eigenvalue weighted by Gasteiger charge is 2.06. The van der Waals surface area contributed by atoms with Crippen LogP contribution in [0.25, 0.3) is 0 Å². The predicted molar refractivity (Wildman–Crippen MR) is 98.7 cm³/mol. The minimum Gasteiger partial charge on any atom is -0.484 e. The van der Waals surface area contributed by atoms with Gasteiger partial charge in [0.25, 0.3) is 5.91 Å². The van der Waals surface area contributed by atoms with Gasteiger partial charge in [-0.1, -0.05) is 23.4 Å². The Kier molecular flexibility index (Phi) is 7.33. The molecule has 0 bridgehead atoms. The average molecular weight is 382 g/mol. The summed E-state index contributed by atoms with van der Waals surface area (Å²) in [5.41, 5.74) is 1.72. The second kappa shape index (κ2) is 9.48. The number of hydrogen-bond acceptors (Lipinski definition) is 6. The molecule has 0 saturated carbocycles. The second-order valence-electron chi connectivity index (χ2n) is 5.23. The van der Waals surface area contributed by atoms with E-state index in [2.05, 4.69) is 15.3 Å². The van der Waals surface area contributed by atoms with Gasteiger partial charge >= 0.3 is 0 Å². The maximum atomic E-state index is 11.8. The van der Waals surface area contributed by atoms with E-state index < -0.39 is 0 Å². The number of ether oxygens (including phenoxy) is 2. The molecule has 8 heteroatoms. The Labute approximate surface area is 156 Å². The number of aromatic nitrogens is 2. The molecule has 1 amide bonds. The van der Waals surface area contributed by atoms with Crippen molar-refractivity contribution < 1.29 is 14.3 Å². The van der Waals surface area contributed by atoms with Crippen LogP contribution in [0.5, 0.6) is 11.6 Å². The van der Waals surface area contributed by atoms with Crippen molar-refractivity contribution >= 4 is 29.3 Å². The Morgan fingerprint density at radius 1 is 1.24 bits per heavy atom. The zero-order valence-corrected chi connectivity index (χ0v) is 15.9. The summed E-state index contributed by atoms with van der Waals surface area (Å²) in [6.07, 6.45) is 1.90. The maximum absolute atomic E-state index is 11.8. The van der Waals surface area contributed by atoms with Gasteiger partial charge in [0.1, 0.15) is 12.4 Å². The highest BCUT2D eigenvalue weighted by Crippen LogP contribution is 2.21. The summed E-state index contributed by atoms with van der Waals surface area (Å²) in [6.45, 7) is 4.37. The van der Waals surface area contributed by atoms with Crippen molar-refractivity contribution in [3.05, 3.63) is 40.5 Å². The molecular formula is C17H20ClN3O3S. The topological polar surface area (TPSA) is 73.3 Å². The third-order valence-corrected chi connectivity index (χ3v) is 3.95. The van der Waals surface area contributed by atoms with E-state index in [1.165, 1.54) is 11.8 Å². The van der Waals surface area contributed by atoms with Crippen molar-refractivity contribution in [1.29, 1.82) is 0 Å². The molecule has 0 unspecified atom stereocenters. The van der Waals surface area contributed by atoms with Gasteiger partial charge in [0.05, 0.1) is 6.54 Å². The van der Waals surface area contributed by atoms with Crippen molar-refractivity contribution in [2.75, 3.05) is 26.0 Å². The molecule has 0 aliphatic carbocycles. The number of nitrogens with zero attached hydrogens (tertiary/aromatic N) is 2. The first kappa shape index (κ1) is 19.3. The molecule has 25 heavy (non-hydrogen) atoms. The van der Waals surface area contributed by atoms with E-state index in [4.69, 9.17) is 21.1 Å². The van der Waals surface area contributed by atoms with E-state index in [-0.39, 0.29) is 12.5 Å². The summed E-state index contributed by atoms with van der Waals surface area (Å²) in [4.78, 5) is 20.3. The molecule has 1 heterocycles. The molecule has 1 aromatic carbocycles. The normalized spacial score (nSPS) is 10.4. The number of thioether (sulfide) groups is 1. The molecule has 0 atom stereocenters. The van der Waals surface area contributed by atoms with Gasteiger partial charge in [-0.15, -0.1) is 0 Å². The van der Waals surface area contributed by atoms with Crippen LogP contribution in [0.3, 0.4) is 0 Å². The molecule has 6 nitrogen and oxygen atoms in total.